The molecule has 2 heterocycles. The molecule has 2 N–H and O–H groups in total. The average Bonchev–Trinajstić information content (AvgIpc) is 3.62. The van der Waals surface area contributed by atoms with Gasteiger partial charge in [-0.1, -0.05) is 66.3 Å². The number of halogens is 2. The molecule has 2 aromatic heterocycles. The highest BCUT2D eigenvalue weighted by molar-refractivity contribution is 7.17. The Bertz CT molecular complexity index is 1160. The van der Waals surface area contributed by atoms with Gasteiger partial charge in [0.05, 0.1) is 34.8 Å². The second-order valence-electron chi connectivity index (χ2n) is 7.80. The van der Waals surface area contributed by atoms with Crippen molar-refractivity contribution in [3.63, 3.8) is 0 Å². The van der Waals surface area contributed by atoms with Gasteiger partial charge in [-0.05, 0) is 30.0 Å². The van der Waals surface area contributed by atoms with Crippen LogP contribution >= 0.6 is 45.9 Å². The zero-order valence-electron chi connectivity index (χ0n) is 18.7. The highest BCUT2D eigenvalue weighted by Gasteiger charge is 2.28. The monoisotopic (exact) mass is 555 g/mol. The third-order valence-electron chi connectivity index (χ3n) is 5.48. The van der Waals surface area contributed by atoms with Gasteiger partial charge in [0.25, 0.3) is 0 Å². The fourth-order valence-electron chi connectivity index (χ4n) is 3.74. The Hall–Kier alpha value is -2.53. The molecular formula is C23H23Cl2N3O5S2. The van der Waals surface area contributed by atoms with Gasteiger partial charge >= 0.3 is 11.9 Å². The Balaban J connectivity index is 0.000000363. The number of aromatic nitrogens is 2. The van der Waals surface area contributed by atoms with E-state index in [9.17, 15) is 14.4 Å². The number of ether oxygens (including phenoxy) is 1. The molecule has 4 rings (SSSR count). The number of anilines is 1. The lowest BCUT2D eigenvalue weighted by Gasteiger charge is -2.20. The summed E-state index contributed by atoms with van der Waals surface area (Å²) in [4.78, 5) is 42.6. The van der Waals surface area contributed by atoms with E-state index < -0.39 is 11.9 Å². The number of benzene rings is 1. The highest BCUT2D eigenvalue weighted by atomic mass is 35.5. The molecule has 35 heavy (non-hydrogen) atoms. The molecule has 0 radical (unpaired) electrons. The number of nitrogens with zero attached hydrogens (tertiary/aromatic N) is 2. The van der Waals surface area contributed by atoms with E-state index in [1.165, 1.54) is 48.4 Å². The average molecular weight is 556 g/mol. The molecule has 3 aromatic rings. The van der Waals surface area contributed by atoms with Gasteiger partial charge < -0.3 is 15.2 Å². The number of aromatic carboxylic acids is 1. The number of thiazole rings is 2. The number of amides is 1. The number of carbonyl (C=O) groups is 3. The van der Waals surface area contributed by atoms with Crippen molar-refractivity contribution in [1.82, 2.24) is 9.97 Å². The van der Waals surface area contributed by atoms with Crippen LogP contribution in [-0.2, 0) is 9.53 Å². The highest BCUT2D eigenvalue weighted by Crippen LogP contribution is 2.36. The molecule has 0 aliphatic heterocycles. The van der Waals surface area contributed by atoms with E-state index >= 15 is 0 Å². The summed E-state index contributed by atoms with van der Waals surface area (Å²) in [6.45, 7) is 0. The number of carboxylic acid groups (broad SMARTS) is 1. The van der Waals surface area contributed by atoms with Crippen molar-refractivity contribution in [2.75, 3.05) is 12.4 Å². The van der Waals surface area contributed by atoms with Gasteiger partial charge in [-0.25, -0.2) is 19.6 Å². The standard InChI is InChI=1S/C19H20Cl2N2O3S.C4H3NO2S/c1-26-18(25)16-10-22-19(27-16)23-17(24)13(8-11-4-2-3-5-11)12-6-7-14(20)15(21)9-12;6-4(7)3-1-8-2-5-3/h6-7,9-11,13H,2-5,8H2,1H3,(H,22,23,24);1-2H,(H,6,7). The van der Waals surface area contributed by atoms with E-state index in [4.69, 9.17) is 28.3 Å². The van der Waals surface area contributed by atoms with Gasteiger partial charge in [0.2, 0.25) is 5.91 Å². The van der Waals surface area contributed by atoms with Crippen LogP contribution in [0.25, 0.3) is 0 Å². The fourth-order valence-corrected chi connectivity index (χ4v) is 5.31. The Morgan fingerprint density at radius 2 is 1.94 bits per heavy atom. The maximum absolute atomic E-state index is 13.0. The summed E-state index contributed by atoms with van der Waals surface area (Å²) in [6, 6.07) is 5.31. The van der Waals surface area contributed by atoms with E-state index in [-0.39, 0.29) is 17.5 Å². The summed E-state index contributed by atoms with van der Waals surface area (Å²) >= 11 is 14.6. The second kappa shape index (κ2) is 13.0. The van der Waals surface area contributed by atoms with Crippen molar-refractivity contribution >= 4 is 68.9 Å². The largest absolute Gasteiger partial charge is 0.476 e. The van der Waals surface area contributed by atoms with Gasteiger partial charge in [0.1, 0.15) is 4.88 Å². The summed E-state index contributed by atoms with van der Waals surface area (Å²) in [6.07, 6.45) is 6.82. The van der Waals surface area contributed by atoms with Crippen LogP contribution in [0.3, 0.4) is 0 Å². The van der Waals surface area contributed by atoms with E-state index in [1.807, 2.05) is 6.07 Å². The Morgan fingerprint density at radius 1 is 1.20 bits per heavy atom. The molecule has 8 nitrogen and oxygen atoms in total. The number of methoxy groups -OCH3 is 1. The quantitative estimate of drug-likeness (QED) is 0.324. The van der Waals surface area contributed by atoms with Gasteiger partial charge in [-0.15, -0.1) is 11.3 Å². The fraction of sp³-hybridized carbons (Fsp3) is 0.348. The SMILES string of the molecule is COC(=O)c1cnc(NC(=O)C(CC2CCCC2)c2ccc(Cl)c(Cl)c2)s1.O=C(O)c1cscn1. The molecule has 0 bridgehead atoms. The lowest BCUT2D eigenvalue weighted by Crippen LogP contribution is -2.23. The van der Waals surface area contributed by atoms with Crippen molar-refractivity contribution < 1.29 is 24.2 Å². The smallest absolute Gasteiger partial charge is 0.355 e. The summed E-state index contributed by atoms with van der Waals surface area (Å²) in [5, 5.41) is 13.8. The Morgan fingerprint density at radius 3 is 2.51 bits per heavy atom. The zero-order valence-corrected chi connectivity index (χ0v) is 21.8. The number of carboxylic acids is 1. The first-order chi connectivity index (χ1) is 16.8. The Labute approximate surface area is 220 Å². The molecule has 1 unspecified atom stereocenters. The van der Waals surface area contributed by atoms with Crippen LogP contribution in [0.4, 0.5) is 5.13 Å². The molecule has 1 aliphatic carbocycles. The number of rotatable bonds is 7. The van der Waals surface area contributed by atoms with Crippen LogP contribution in [-0.4, -0.2) is 40.0 Å². The van der Waals surface area contributed by atoms with Crippen LogP contribution < -0.4 is 5.32 Å². The third kappa shape index (κ3) is 7.73. The van der Waals surface area contributed by atoms with Crippen molar-refractivity contribution in [2.24, 2.45) is 5.92 Å². The zero-order chi connectivity index (χ0) is 25.4. The lowest BCUT2D eigenvalue weighted by molar-refractivity contribution is -0.118. The van der Waals surface area contributed by atoms with Gasteiger partial charge in [-0.3, -0.25) is 4.79 Å². The summed E-state index contributed by atoms with van der Waals surface area (Å²) < 4.78 is 4.68. The van der Waals surface area contributed by atoms with Gasteiger partial charge in [0, 0.05) is 5.38 Å². The van der Waals surface area contributed by atoms with Crippen LogP contribution in [0.15, 0.2) is 35.3 Å². The van der Waals surface area contributed by atoms with Crippen LogP contribution in [0.2, 0.25) is 10.0 Å². The number of esters is 1. The second-order valence-corrected chi connectivity index (χ2v) is 10.4. The van der Waals surface area contributed by atoms with Crippen molar-refractivity contribution in [3.05, 3.63) is 61.5 Å². The Kier molecular flexibility index (Phi) is 10.0. The molecule has 186 valence electrons. The molecule has 1 saturated carbocycles. The molecule has 12 heteroatoms. The topological polar surface area (TPSA) is 118 Å². The number of hydrogen-bond acceptors (Lipinski definition) is 8. The van der Waals surface area contributed by atoms with Crippen molar-refractivity contribution in [1.29, 1.82) is 0 Å². The van der Waals surface area contributed by atoms with E-state index in [1.54, 1.807) is 12.1 Å². The maximum Gasteiger partial charge on any atom is 0.355 e. The predicted octanol–water partition coefficient (Wildman–Crippen LogP) is 6.38. The number of hydrogen-bond donors (Lipinski definition) is 2. The minimum Gasteiger partial charge on any atom is -0.476 e. The molecular weight excluding hydrogens is 533 g/mol. The normalized spacial score (nSPS) is 14.0. The van der Waals surface area contributed by atoms with Gasteiger partial charge in [-0.2, -0.15) is 0 Å². The van der Waals surface area contributed by atoms with E-state index in [0.29, 0.717) is 26.0 Å². The first-order valence-corrected chi connectivity index (χ1v) is 13.2. The van der Waals surface area contributed by atoms with E-state index in [2.05, 4.69) is 20.0 Å². The molecule has 1 aliphatic rings. The maximum atomic E-state index is 13.0. The van der Waals surface area contributed by atoms with Gasteiger partial charge in [0.15, 0.2) is 10.8 Å². The molecule has 1 fully saturated rings. The molecule has 0 spiro atoms. The van der Waals surface area contributed by atoms with Crippen molar-refractivity contribution in [2.45, 2.75) is 38.0 Å². The molecule has 1 aromatic carbocycles. The summed E-state index contributed by atoms with van der Waals surface area (Å²) in [5.41, 5.74) is 2.44. The lowest BCUT2D eigenvalue weighted by atomic mass is 9.87. The molecule has 0 saturated heterocycles. The minimum atomic E-state index is -0.966. The molecule has 1 atom stereocenters. The van der Waals surface area contributed by atoms with E-state index in [0.717, 1.165) is 36.2 Å². The first-order valence-electron chi connectivity index (χ1n) is 10.7. The first kappa shape index (κ1) is 27.1. The molecule has 1 amide bonds. The van der Waals surface area contributed by atoms with Crippen LogP contribution in [0, 0.1) is 5.92 Å². The third-order valence-corrected chi connectivity index (χ3v) is 7.70. The summed E-state index contributed by atoms with van der Waals surface area (Å²) in [7, 11) is 1.31. The van der Waals surface area contributed by atoms with Crippen LogP contribution in [0.1, 0.15) is 63.7 Å². The van der Waals surface area contributed by atoms with Crippen LogP contribution in [0.5, 0.6) is 0 Å². The number of nitrogens with one attached hydrogen (secondary N) is 1. The van der Waals surface area contributed by atoms with Crippen molar-refractivity contribution in [3.8, 4) is 0 Å². The summed E-state index contributed by atoms with van der Waals surface area (Å²) in [5.74, 6) is -1.44. The number of carbonyl (C=O) groups excluding carboxylic acids is 2. The predicted molar refractivity (Wildman–Crippen MR) is 137 cm³/mol. The minimum absolute atomic E-state index is 0.120.